The van der Waals surface area contributed by atoms with Gasteiger partial charge in [-0.1, -0.05) is 22.9 Å². The van der Waals surface area contributed by atoms with Crippen LogP contribution in [-0.4, -0.2) is 20.9 Å². The Bertz CT molecular complexity index is 852. The van der Waals surface area contributed by atoms with Crippen molar-refractivity contribution in [3.63, 3.8) is 0 Å². The van der Waals surface area contributed by atoms with Crippen molar-refractivity contribution >= 4 is 45.3 Å². The van der Waals surface area contributed by atoms with E-state index >= 15 is 0 Å². The minimum atomic E-state index is -0.368. The number of hydrogen-bond donors (Lipinski definition) is 1. The molecule has 0 aliphatic rings. The van der Waals surface area contributed by atoms with Gasteiger partial charge in [-0.25, -0.2) is 15.0 Å². The summed E-state index contributed by atoms with van der Waals surface area (Å²) in [6.07, 6.45) is 3.01. The number of pyridine rings is 1. The first-order valence-corrected chi connectivity index (χ1v) is 7.98. The zero-order valence-electron chi connectivity index (χ0n) is 10.8. The number of carbonyl (C=O) groups is 1. The van der Waals surface area contributed by atoms with Gasteiger partial charge in [-0.15, -0.1) is 11.3 Å². The first-order chi connectivity index (χ1) is 10.7. The molecule has 0 bridgehead atoms. The Hall–Kier alpha value is -2.34. The minimum Gasteiger partial charge on any atom is -0.298 e. The van der Waals surface area contributed by atoms with Crippen molar-refractivity contribution in [3.8, 4) is 16.8 Å². The normalized spacial score (nSPS) is 10.2. The van der Waals surface area contributed by atoms with Gasteiger partial charge in [0.25, 0.3) is 5.91 Å². The number of halogens is 1. The summed E-state index contributed by atoms with van der Waals surface area (Å²) in [6.45, 7) is 0. The molecule has 0 aliphatic carbocycles. The summed E-state index contributed by atoms with van der Waals surface area (Å²) in [5.41, 5.74) is 0.834. The molecular weight excluding hydrogens is 342 g/mol. The monoisotopic (exact) mass is 347 g/mol. The highest BCUT2D eigenvalue weighted by molar-refractivity contribution is 7.17. The number of nitriles is 1. The molecule has 0 saturated carbocycles. The molecule has 0 radical (unpaired) electrons. The third-order valence-corrected chi connectivity index (χ3v) is 4.45. The zero-order valence-corrected chi connectivity index (χ0v) is 13.2. The first kappa shape index (κ1) is 14.6. The summed E-state index contributed by atoms with van der Waals surface area (Å²) in [7, 11) is 0. The molecule has 9 heteroatoms. The van der Waals surface area contributed by atoms with Gasteiger partial charge in [0.05, 0.1) is 5.56 Å². The van der Waals surface area contributed by atoms with Gasteiger partial charge >= 0.3 is 0 Å². The van der Waals surface area contributed by atoms with Crippen LogP contribution < -0.4 is 5.32 Å². The van der Waals surface area contributed by atoms with E-state index in [0.29, 0.717) is 31.4 Å². The Morgan fingerprint density at radius 1 is 1.36 bits per heavy atom. The maximum Gasteiger partial charge on any atom is 0.259 e. The van der Waals surface area contributed by atoms with E-state index in [1.165, 1.54) is 23.6 Å². The molecule has 22 heavy (non-hydrogen) atoms. The fourth-order valence-corrected chi connectivity index (χ4v) is 3.18. The topological polar surface area (TPSA) is 91.6 Å². The molecule has 1 amide bonds. The maximum atomic E-state index is 12.1. The quantitative estimate of drug-likeness (QED) is 0.733. The zero-order chi connectivity index (χ0) is 15.5. The fraction of sp³-hybridized carbons (Fsp3) is 0. The van der Waals surface area contributed by atoms with Crippen LogP contribution in [0.1, 0.15) is 15.2 Å². The van der Waals surface area contributed by atoms with Gasteiger partial charge in [0, 0.05) is 17.8 Å². The summed E-state index contributed by atoms with van der Waals surface area (Å²) in [5.74, 6) is -0.368. The van der Waals surface area contributed by atoms with E-state index in [1.54, 1.807) is 17.6 Å². The minimum absolute atomic E-state index is 0.309. The maximum absolute atomic E-state index is 12.1. The van der Waals surface area contributed by atoms with Gasteiger partial charge in [0.15, 0.2) is 5.13 Å². The van der Waals surface area contributed by atoms with Crippen LogP contribution in [0.4, 0.5) is 5.13 Å². The van der Waals surface area contributed by atoms with E-state index in [1.807, 2.05) is 0 Å². The Morgan fingerprint density at radius 3 is 2.86 bits per heavy atom. The molecule has 0 spiro atoms. The van der Waals surface area contributed by atoms with Gasteiger partial charge < -0.3 is 0 Å². The first-order valence-electron chi connectivity index (χ1n) is 5.91. The third-order valence-electron chi connectivity index (χ3n) is 2.57. The molecule has 0 fully saturated rings. The van der Waals surface area contributed by atoms with Gasteiger partial charge in [0.2, 0.25) is 0 Å². The Labute approximate surface area is 138 Å². The molecule has 3 aromatic rings. The predicted molar refractivity (Wildman–Crippen MR) is 85.1 cm³/mol. The van der Waals surface area contributed by atoms with Crippen LogP contribution in [-0.2, 0) is 0 Å². The molecule has 1 N–H and O–H groups in total. The lowest BCUT2D eigenvalue weighted by Crippen LogP contribution is -2.11. The number of nitrogens with one attached hydrogen (secondary N) is 1. The number of thiazole rings is 2. The van der Waals surface area contributed by atoms with Crippen molar-refractivity contribution in [1.29, 1.82) is 5.26 Å². The summed E-state index contributed by atoms with van der Waals surface area (Å²) < 4.78 is 0. The summed E-state index contributed by atoms with van der Waals surface area (Å²) in [5, 5.41) is 14.9. The average Bonchev–Trinajstić information content (AvgIpc) is 3.16. The molecular formula is C13H6ClN5OS2. The second-order valence-corrected chi connectivity index (χ2v) is 6.25. The number of carbonyl (C=O) groups excluding carboxylic acids is 1. The van der Waals surface area contributed by atoms with Crippen LogP contribution in [0.25, 0.3) is 10.7 Å². The number of aromatic nitrogens is 3. The van der Waals surface area contributed by atoms with E-state index in [9.17, 15) is 10.1 Å². The van der Waals surface area contributed by atoms with E-state index in [-0.39, 0.29) is 5.91 Å². The summed E-state index contributed by atoms with van der Waals surface area (Å²) in [6, 6.07) is 5.15. The van der Waals surface area contributed by atoms with Crippen LogP contribution in [0.5, 0.6) is 0 Å². The molecule has 3 aromatic heterocycles. The smallest absolute Gasteiger partial charge is 0.259 e. The molecule has 0 aliphatic heterocycles. The second kappa shape index (κ2) is 6.19. The van der Waals surface area contributed by atoms with E-state index in [4.69, 9.17) is 11.6 Å². The fourth-order valence-electron chi connectivity index (χ4n) is 1.61. The van der Waals surface area contributed by atoms with Crippen molar-refractivity contribution in [3.05, 3.63) is 45.5 Å². The van der Waals surface area contributed by atoms with Gasteiger partial charge in [-0.2, -0.15) is 5.26 Å². The van der Waals surface area contributed by atoms with Crippen LogP contribution in [0.3, 0.4) is 0 Å². The molecule has 108 valence electrons. The molecule has 0 atom stereocenters. The van der Waals surface area contributed by atoms with Gasteiger partial charge in [-0.3, -0.25) is 10.1 Å². The Kier molecular flexibility index (Phi) is 4.11. The van der Waals surface area contributed by atoms with Crippen molar-refractivity contribution in [1.82, 2.24) is 15.0 Å². The van der Waals surface area contributed by atoms with Crippen molar-refractivity contribution in [2.45, 2.75) is 0 Å². The third kappa shape index (κ3) is 2.96. The van der Waals surface area contributed by atoms with Crippen molar-refractivity contribution in [2.75, 3.05) is 5.32 Å². The van der Waals surface area contributed by atoms with E-state index < -0.39 is 0 Å². The highest BCUT2D eigenvalue weighted by atomic mass is 35.5. The Balaban J connectivity index is 1.86. The van der Waals surface area contributed by atoms with E-state index in [2.05, 4.69) is 26.3 Å². The van der Waals surface area contributed by atoms with Crippen molar-refractivity contribution in [2.24, 2.45) is 0 Å². The van der Waals surface area contributed by atoms with Crippen LogP contribution in [0, 0.1) is 11.3 Å². The van der Waals surface area contributed by atoms with Crippen LogP contribution >= 0.6 is 34.3 Å². The number of nitrogens with zero attached hydrogens (tertiary/aromatic N) is 4. The predicted octanol–water partition coefficient (Wildman–Crippen LogP) is 3.44. The molecule has 0 aromatic carbocycles. The molecule has 0 unspecified atom stereocenters. The molecule has 3 heterocycles. The van der Waals surface area contributed by atoms with Crippen molar-refractivity contribution < 1.29 is 4.79 Å². The number of rotatable bonds is 3. The Morgan fingerprint density at radius 2 is 2.23 bits per heavy atom. The van der Waals surface area contributed by atoms with E-state index in [0.717, 1.165) is 11.3 Å². The standard InChI is InChI=1S/C13H6ClN5OS2/c14-9-2-1-7(6-17-9)11(20)19-13-18-10(8(5-15)22-13)12-16-3-4-21-12/h1-4,6H,(H,18,19,20). The lowest BCUT2D eigenvalue weighted by molar-refractivity contribution is 0.102. The average molecular weight is 348 g/mol. The lowest BCUT2D eigenvalue weighted by Gasteiger charge is -2.00. The largest absolute Gasteiger partial charge is 0.298 e. The van der Waals surface area contributed by atoms with Crippen LogP contribution in [0.2, 0.25) is 5.15 Å². The SMILES string of the molecule is N#Cc1sc(NC(=O)c2ccc(Cl)nc2)nc1-c1nccs1. The number of amides is 1. The molecule has 3 rings (SSSR count). The molecule has 0 saturated heterocycles. The molecule has 6 nitrogen and oxygen atoms in total. The van der Waals surface area contributed by atoms with Gasteiger partial charge in [0.1, 0.15) is 26.8 Å². The highest BCUT2D eigenvalue weighted by Gasteiger charge is 2.17. The van der Waals surface area contributed by atoms with Crippen LogP contribution in [0.15, 0.2) is 29.9 Å². The summed E-state index contributed by atoms with van der Waals surface area (Å²) >= 11 is 8.16. The lowest BCUT2D eigenvalue weighted by atomic mass is 10.3. The summed E-state index contributed by atoms with van der Waals surface area (Å²) in [4.78, 5) is 24.7. The highest BCUT2D eigenvalue weighted by Crippen LogP contribution is 2.31. The second-order valence-electron chi connectivity index (χ2n) is 3.97. The number of hydrogen-bond acceptors (Lipinski definition) is 7. The number of anilines is 1. The van der Waals surface area contributed by atoms with Gasteiger partial charge in [-0.05, 0) is 12.1 Å².